The molecule has 1 heteroatoms. The lowest BCUT2D eigenvalue weighted by atomic mass is 9.73. The number of hydrogen-bond donors (Lipinski definition) is 1. The summed E-state index contributed by atoms with van der Waals surface area (Å²) in [7, 11) is 0. The van der Waals surface area contributed by atoms with Crippen LogP contribution in [0.1, 0.15) is 57.1 Å². The van der Waals surface area contributed by atoms with E-state index in [1.165, 1.54) is 25.7 Å². The monoisotopic (exact) mass is 245 g/mol. The molecule has 0 heterocycles. The third kappa shape index (κ3) is 2.95. The van der Waals surface area contributed by atoms with Gasteiger partial charge in [-0.05, 0) is 48.8 Å². The second kappa shape index (κ2) is 6.38. The molecule has 0 fully saturated rings. The molecule has 3 unspecified atom stereocenters. The van der Waals surface area contributed by atoms with Gasteiger partial charge in [0.15, 0.2) is 0 Å². The average Bonchev–Trinajstić information content (AvgIpc) is 2.35. The van der Waals surface area contributed by atoms with Gasteiger partial charge in [0.2, 0.25) is 0 Å². The summed E-state index contributed by atoms with van der Waals surface area (Å²) in [4.78, 5) is 0. The predicted molar refractivity (Wildman–Crippen MR) is 79.0 cm³/mol. The number of benzene rings is 1. The summed E-state index contributed by atoms with van der Waals surface area (Å²) in [6.07, 6.45) is 5.24. The molecule has 0 spiro atoms. The van der Waals surface area contributed by atoms with E-state index in [4.69, 9.17) is 0 Å². The first-order valence-electron chi connectivity index (χ1n) is 7.57. The van der Waals surface area contributed by atoms with E-state index < -0.39 is 0 Å². The number of hydrogen-bond acceptors (Lipinski definition) is 1. The first-order chi connectivity index (χ1) is 8.76. The van der Waals surface area contributed by atoms with Crippen LogP contribution < -0.4 is 5.32 Å². The highest BCUT2D eigenvalue weighted by molar-refractivity contribution is 5.39. The van der Waals surface area contributed by atoms with Gasteiger partial charge in [-0.3, -0.25) is 0 Å². The fraction of sp³-hybridized carbons (Fsp3) is 0.647. The minimum atomic E-state index is 0.688. The zero-order chi connectivity index (χ0) is 13.0. The number of fused-ring (bicyclic) bond motifs is 1. The Morgan fingerprint density at radius 2 is 2.06 bits per heavy atom. The van der Waals surface area contributed by atoms with Crippen molar-refractivity contribution in [1.82, 2.24) is 5.32 Å². The number of nitrogens with one attached hydrogen (secondary N) is 1. The largest absolute Gasteiger partial charge is 0.314 e. The van der Waals surface area contributed by atoms with Gasteiger partial charge in [-0.2, -0.15) is 0 Å². The van der Waals surface area contributed by atoms with Gasteiger partial charge in [0.1, 0.15) is 0 Å². The van der Waals surface area contributed by atoms with Gasteiger partial charge in [-0.1, -0.05) is 51.5 Å². The Morgan fingerprint density at radius 3 is 2.72 bits per heavy atom. The Balaban J connectivity index is 1.94. The molecule has 2 rings (SSSR count). The third-order valence-corrected chi connectivity index (χ3v) is 4.40. The van der Waals surface area contributed by atoms with E-state index in [-0.39, 0.29) is 0 Å². The first-order valence-corrected chi connectivity index (χ1v) is 7.57. The first kappa shape index (κ1) is 13.6. The summed E-state index contributed by atoms with van der Waals surface area (Å²) in [6.45, 7) is 8.01. The van der Waals surface area contributed by atoms with E-state index in [0.29, 0.717) is 6.04 Å². The van der Waals surface area contributed by atoms with E-state index in [9.17, 15) is 0 Å². The van der Waals surface area contributed by atoms with Crippen molar-refractivity contribution >= 4 is 0 Å². The molecular weight excluding hydrogens is 218 g/mol. The molecule has 0 saturated carbocycles. The maximum Gasteiger partial charge on any atom is 0.00985 e. The van der Waals surface area contributed by atoms with Gasteiger partial charge in [0.05, 0.1) is 0 Å². The standard InChI is InChI=1S/C17H27N/c1-4-8-13(3)17(18-5-2)12-15-11-14-9-6-7-10-16(14)15/h6-7,9-10,13,15,17-18H,4-5,8,11-12H2,1-3H3. The molecule has 1 aromatic carbocycles. The second-order valence-electron chi connectivity index (χ2n) is 5.77. The molecular formula is C17H27N. The average molecular weight is 245 g/mol. The van der Waals surface area contributed by atoms with E-state index >= 15 is 0 Å². The van der Waals surface area contributed by atoms with Crippen LogP contribution in [0.25, 0.3) is 0 Å². The van der Waals surface area contributed by atoms with Gasteiger partial charge in [0, 0.05) is 6.04 Å². The van der Waals surface area contributed by atoms with Gasteiger partial charge < -0.3 is 5.32 Å². The van der Waals surface area contributed by atoms with Crippen LogP contribution in [0.15, 0.2) is 24.3 Å². The van der Waals surface area contributed by atoms with Crippen molar-refractivity contribution < 1.29 is 0 Å². The van der Waals surface area contributed by atoms with Gasteiger partial charge in [-0.25, -0.2) is 0 Å². The van der Waals surface area contributed by atoms with Crippen LogP contribution in [-0.4, -0.2) is 12.6 Å². The van der Waals surface area contributed by atoms with Crippen LogP contribution in [0.4, 0.5) is 0 Å². The SMILES string of the molecule is CCCC(C)C(CC1Cc2ccccc21)NCC. The van der Waals surface area contributed by atoms with Crippen LogP contribution >= 0.6 is 0 Å². The molecule has 0 amide bonds. The van der Waals surface area contributed by atoms with Crippen LogP contribution in [0, 0.1) is 5.92 Å². The highest BCUT2D eigenvalue weighted by Gasteiger charge is 2.29. The Bertz CT molecular complexity index is 372. The van der Waals surface area contributed by atoms with Crippen LogP contribution in [0.5, 0.6) is 0 Å². The Kier molecular flexibility index (Phi) is 4.82. The van der Waals surface area contributed by atoms with Crippen LogP contribution in [-0.2, 0) is 6.42 Å². The Morgan fingerprint density at radius 1 is 1.28 bits per heavy atom. The fourth-order valence-corrected chi connectivity index (χ4v) is 3.32. The van der Waals surface area contributed by atoms with Gasteiger partial charge in [-0.15, -0.1) is 0 Å². The molecule has 3 atom stereocenters. The molecule has 0 radical (unpaired) electrons. The normalized spacial score (nSPS) is 20.9. The maximum atomic E-state index is 3.70. The lowest BCUT2D eigenvalue weighted by Gasteiger charge is -2.35. The fourth-order valence-electron chi connectivity index (χ4n) is 3.32. The van der Waals surface area contributed by atoms with Crippen molar-refractivity contribution in [3.05, 3.63) is 35.4 Å². The quantitative estimate of drug-likeness (QED) is 0.761. The van der Waals surface area contributed by atoms with Crippen molar-refractivity contribution in [3.8, 4) is 0 Å². The summed E-state index contributed by atoms with van der Waals surface area (Å²) >= 11 is 0. The van der Waals surface area contributed by atoms with Gasteiger partial charge in [0.25, 0.3) is 0 Å². The molecule has 1 aliphatic rings. The highest BCUT2D eigenvalue weighted by atomic mass is 14.9. The lowest BCUT2D eigenvalue weighted by molar-refractivity contribution is 0.313. The summed E-state index contributed by atoms with van der Waals surface area (Å²) in [6, 6.07) is 9.63. The van der Waals surface area contributed by atoms with Crippen LogP contribution in [0.2, 0.25) is 0 Å². The molecule has 0 saturated heterocycles. The highest BCUT2D eigenvalue weighted by Crippen LogP contribution is 2.39. The molecule has 18 heavy (non-hydrogen) atoms. The lowest BCUT2D eigenvalue weighted by Crippen LogP contribution is -2.38. The zero-order valence-electron chi connectivity index (χ0n) is 12.1. The number of rotatable bonds is 7. The molecule has 0 aromatic heterocycles. The predicted octanol–water partition coefficient (Wildman–Crippen LogP) is 4.13. The molecule has 0 aliphatic heterocycles. The topological polar surface area (TPSA) is 12.0 Å². The van der Waals surface area contributed by atoms with E-state index in [2.05, 4.69) is 50.4 Å². The smallest absolute Gasteiger partial charge is 0.00985 e. The van der Waals surface area contributed by atoms with Crippen molar-refractivity contribution in [2.45, 2.75) is 58.4 Å². The van der Waals surface area contributed by atoms with E-state index in [0.717, 1.165) is 18.4 Å². The van der Waals surface area contributed by atoms with Crippen molar-refractivity contribution in [2.24, 2.45) is 5.92 Å². The third-order valence-electron chi connectivity index (χ3n) is 4.40. The van der Waals surface area contributed by atoms with Crippen LogP contribution in [0.3, 0.4) is 0 Å². The van der Waals surface area contributed by atoms with Gasteiger partial charge >= 0.3 is 0 Å². The van der Waals surface area contributed by atoms with Crippen molar-refractivity contribution in [2.75, 3.05) is 6.54 Å². The maximum absolute atomic E-state index is 3.70. The molecule has 1 aromatic rings. The molecule has 1 nitrogen and oxygen atoms in total. The van der Waals surface area contributed by atoms with Crippen molar-refractivity contribution in [1.29, 1.82) is 0 Å². The minimum absolute atomic E-state index is 0.688. The summed E-state index contributed by atoms with van der Waals surface area (Å²) < 4.78 is 0. The van der Waals surface area contributed by atoms with E-state index in [1.807, 2.05) is 0 Å². The molecule has 1 N–H and O–H groups in total. The van der Waals surface area contributed by atoms with E-state index in [1.54, 1.807) is 11.1 Å². The zero-order valence-corrected chi connectivity index (χ0v) is 12.1. The molecule has 0 bridgehead atoms. The summed E-state index contributed by atoms with van der Waals surface area (Å²) in [5, 5.41) is 3.70. The summed E-state index contributed by atoms with van der Waals surface area (Å²) in [5.41, 5.74) is 3.17. The van der Waals surface area contributed by atoms with Crippen molar-refractivity contribution in [3.63, 3.8) is 0 Å². The minimum Gasteiger partial charge on any atom is -0.314 e. The Hall–Kier alpha value is -0.820. The second-order valence-corrected chi connectivity index (χ2v) is 5.77. The summed E-state index contributed by atoms with van der Waals surface area (Å²) in [5.74, 6) is 1.59. The molecule has 1 aliphatic carbocycles. The molecule has 100 valence electrons. The Labute approximate surface area is 112 Å².